The predicted octanol–water partition coefficient (Wildman–Crippen LogP) is 4.29. The largest absolute Gasteiger partial charge is 0.418 e. The number of para-hydroxylation sites is 1. The van der Waals surface area contributed by atoms with Gasteiger partial charge < -0.3 is 9.67 Å². The molecule has 0 fully saturated rings. The van der Waals surface area contributed by atoms with Crippen molar-refractivity contribution < 1.29 is 18.3 Å². The Balaban J connectivity index is 2.87. The smallest absolute Gasteiger partial charge is 0.389 e. The van der Waals surface area contributed by atoms with Gasteiger partial charge in [-0.05, 0) is 26.8 Å². The standard InChI is InChI=1S/C14H16F3NO/c1-8(2)18-7-11(9(3)19)10-5-4-6-12(13(10)18)14(15,16)17/h4-9,19H,1-3H3. The number of benzene rings is 1. The Morgan fingerprint density at radius 3 is 2.26 bits per heavy atom. The Bertz CT molecular complexity index is 596. The van der Waals surface area contributed by atoms with Gasteiger partial charge in [-0.3, -0.25) is 0 Å². The topological polar surface area (TPSA) is 25.2 Å². The predicted molar refractivity (Wildman–Crippen MR) is 68.0 cm³/mol. The number of halogens is 3. The van der Waals surface area contributed by atoms with Crippen molar-refractivity contribution in [3.8, 4) is 0 Å². The van der Waals surface area contributed by atoms with Crippen LogP contribution >= 0.6 is 0 Å². The van der Waals surface area contributed by atoms with Gasteiger partial charge in [0.2, 0.25) is 0 Å². The van der Waals surface area contributed by atoms with Crippen molar-refractivity contribution in [2.24, 2.45) is 0 Å². The van der Waals surface area contributed by atoms with Crippen LogP contribution in [0.5, 0.6) is 0 Å². The number of alkyl halides is 3. The Morgan fingerprint density at radius 1 is 1.16 bits per heavy atom. The molecule has 0 aliphatic carbocycles. The third-order valence-electron chi connectivity index (χ3n) is 3.20. The Hall–Kier alpha value is -1.49. The van der Waals surface area contributed by atoms with E-state index in [1.807, 2.05) is 13.8 Å². The minimum atomic E-state index is -4.40. The van der Waals surface area contributed by atoms with Gasteiger partial charge in [-0.15, -0.1) is 0 Å². The van der Waals surface area contributed by atoms with E-state index in [1.165, 1.54) is 6.07 Å². The van der Waals surface area contributed by atoms with Crippen LogP contribution in [0.15, 0.2) is 24.4 Å². The van der Waals surface area contributed by atoms with Crippen LogP contribution < -0.4 is 0 Å². The fourth-order valence-corrected chi connectivity index (χ4v) is 2.31. The molecule has 19 heavy (non-hydrogen) atoms. The van der Waals surface area contributed by atoms with Gasteiger partial charge >= 0.3 is 6.18 Å². The molecular formula is C14H16F3NO. The van der Waals surface area contributed by atoms with Crippen molar-refractivity contribution in [2.45, 2.75) is 39.1 Å². The minimum absolute atomic E-state index is 0.113. The minimum Gasteiger partial charge on any atom is -0.389 e. The highest BCUT2D eigenvalue weighted by Gasteiger charge is 2.34. The molecule has 0 aliphatic heterocycles. The molecule has 0 saturated carbocycles. The molecule has 0 amide bonds. The molecule has 2 rings (SSSR count). The summed E-state index contributed by atoms with van der Waals surface area (Å²) in [7, 11) is 0. The molecule has 1 atom stereocenters. The average Bonchev–Trinajstić information content (AvgIpc) is 2.66. The molecule has 5 heteroatoms. The number of fused-ring (bicyclic) bond motifs is 1. The van der Waals surface area contributed by atoms with Gasteiger partial charge in [-0.1, -0.05) is 12.1 Å². The van der Waals surface area contributed by atoms with Gasteiger partial charge in [0.1, 0.15) is 0 Å². The van der Waals surface area contributed by atoms with Gasteiger partial charge in [-0.25, -0.2) is 0 Å². The second kappa shape index (κ2) is 4.56. The first kappa shape index (κ1) is 13.9. The van der Waals surface area contributed by atoms with Crippen LogP contribution in [0.1, 0.15) is 44.0 Å². The molecule has 1 unspecified atom stereocenters. The average molecular weight is 271 g/mol. The van der Waals surface area contributed by atoms with E-state index in [9.17, 15) is 18.3 Å². The summed E-state index contributed by atoms with van der Waals surface area (Å²) in [6, 6.07) is 3.96. The highest BCUT2D eigenvalue weighted by atomic mass is 19.4. The second-order valence-corrected chi connectivity index (χ2v) is 4.96. The zero-order chi connectivity index (χ0) is 14.4. The molecule has 0 bridgehead atoms. The number of hydrogen-bond acceptors (Lipinski definition) is 1. The molecule has 1 N–H and O–H groups in total. The maximum Gasteiger partial charge on any atom is 0.418 e. The van der Waals surface area contributed by atoms with Crippen molar-refractivity contribution in [1.29, 1.82) is 0 Å². The molecule has 0 radical (unpaired) electrons. The van der Waals surface area contributed by atoms with E-state index in [2.05, 4.69) is 0 Å². The fourth-order valence-electron chi connectivity index (χ4n) is 2.31. The SMILES string of the molecule is CC(O)c1cn(C(C)C)c2c(C(F)(F)F)cccc12. The summed E-state index contributed by atoms with van der Waals surface area (Å²) in [4.78, 5) is 0. The quantitative estimate of drug-likeness (QED) is 0.865. The Labute approximate surface area is 109 Å². The van der Waals surface area contributed by atoms with Gasteiger partial charge in [0.05, 0.1) is 17.2 Å². The zero-order valence-electron chi connectivity index (χ0n) is 11.0. The van der Waals surface area contributed by atoms with Crippen LogP contribution in [0.2, 0.25) is 0 Å². The summed E-state index contributed by atoms with van der Waals surface area (Å²) >= 11 is 0. The molecular weight excluding hydrogens is 255 g/mol. The molecule has 1 aromatic heterocycles. The maximum atomic E-state index is 13.1. The lowest BCUT2D eigenvalue weighted by Gasteiger charge is -2.14. The number of nitrogens with zero attached hydrogens (tertiary/aromatic N) is 1. The highest BCUT2D eigenvalue weighted by molar-refractivity contribution is 5.87. The fraction of sp³-hybridized carbons (Fsp3) is 0.429. The van der Waals surface area contributed by atoms with E-state index >= 15 is 0 Å². The van der Waals surface area contributed by atoms with Crippen LogP contribution in [-0.2, 0) is 6.18 Å². The monoisotopic (exact) mass is 271 g/mol. The summed E-state index contributed by atoms with van der Waals surface area (Å²) in [6.07, 6.45) is -3.60. The van der Waals surface area contributed by atoms with E-state index < -0.39 is 17.8 Å². The Morgan fingerprint density at radius 2 is 1.79 bits per heavy atom. The first-order valence-electron chi connectivity index (χ1n) is 6.12. The van der Waals surface area contributed by atoms with Gasteiger partial charge in [-0.2, -0.15) is 13.2 Å². The lowest BCUT2D eigenvalue weighted by atomic mass is 10.1. The van der Waals surface area contributed by atoms with E-state index in [0.717, 1.165) is 6.07 Å². The van der Waals surface area contributed by atoms with Gasteiger partial charge in [0.15, 0.2) is 0 Å². The molecule has 2 nitrogen and oxygen atoms in total. The summed E-state index contributed by atoms with van der Waals surface area (Å²) in [6.45, 7) is 5.19. The van der Waals surface area contributed by atoms with Crippen LogP contribution in [0, 0.1) is 0 Å². The number of aliphatic hydroxyl groups excluding tert-OH is 1. The van der Waals surface area contributed by atoms with Crippen LogP contribution in [0.3, 0.4) is 0 Å². The summed E-state index contributed by atoms with van der Waals surface area (Å²) in [5, 5.41) is 10.2. The molecule has 0 saturated heterocycles. The first-order chi connectivity index (χ1) is 8.73. The molecule has 0 aliphatic rings. The number of aliphatic hydroxyl groups is 1. The summed E-state index contributed by atoms with van der Waals surface area (Å²) < 4.78 is 40.9. The highest BCUT2D eigenvalue weighted by Crippen LogP contribution is 2.38. The zero-order valence-corrected chi connectivity index (χ0v) is 11.0. The number of rotatable bonds is 2. The van der Waals surface area contributed by atoms with E-state index in [4.69, 9.17) is 0 Å². The van der Waals surface area contributed by atoms with Crippen molar-refractivity contribution >= 4 is 10.9 Å². The van der Waals surface area contributed by atoms with Crippen LogP contribution in [0.4, 0.5) is 13.2 Å². The Kier molecular flexibility index (Phi) is 3.34. The first-order valence-corrected chi connectivity index (χ1v) is 6.12. The van der Waals surface area contributed by atoms with E-state index in [1.54, 1.807) is 23.8 Å². The summed E-state index contributed by atoms with van der Waals surface area (Å²) in [5.74, 6) is 0. The van der Waals surface area contributed by atoms with Crippen molar-refractivity contribution in [3.05, 3.63) is 35.5 Å². The lowest BCUT2D eigenvalue weighted by Crippen LogP contribution is -2.09. The second-order valence-electron chi connectivity index (χ2n) is 4.96. The van der Waals surface area contributed by atoms with Crippen molar-refractivity contribution in [3.63, 3.8) is 0 Å². The number of aromatic nitrogens is 1. The normalized spacial score (nSPS) is 14.3. The third kappa shape index (κ3) is 2.34. The molecule has 2 aromatic rings. The van der Waals surface area contributed by atoms with Gasteiger partial charge in [0, 0.05) is 23.2 Å². The molecule has 1 aromatic carbocycles. The van der Waals surface area contributed by atoms with Gasteiger partial charge in [0.25, 0.3) is 0 Å². The van der Waals surface area contributed by atoms with E-state index in [0.29, 0.717) is 10.9 Å². The summed E-state index contributed by atoms with van der Waals surface area (Å²) in [5.41, 5.74) is 0.00120. The van der Waals surface area contributed by atoms with E-state index in [-0.39, 0.29) is 11.6 Å². The van der Waals surface area contributed by atoms with Crippen LogP contribution in [0.25, 0.3) is 10.9 Å². The molecule has 1 heterocycles. The van der Waals surface area contributed by atoms with Crippen LogP contribution in [-0.4, -0.2) is 9.67 Å². The maximum absolute atomic E-state index is 13.1. The lowest BCUT2D eigenvalue weighted by molar-refractivity contribution is -0.136. The third-order valence-corrected chi connectivity index (χ3v) is 3.20. The molecule has 104 valence electrons. The molecule has 0 spiro atoms. The number of hydrogen-bond donors (Lipinski definition) is 1. The van der Waals surface area contributed by atoms with Crippen molar-refractivity contribution in [1.82, 2.24) is 4.57 Å². The van der Waals surface area contributed by atoms with Crippen molar-refractivity contribution in [2.75, 3.05) is 0 Å².